The number of rotatable bonds is 13. The van der Waals surface area contributed by atoms with Crippen molar-refractivity contribution in [3.63, 3.8) is 0 Å². The van der Waals surface area contributed by atoms with Gasteiger partial charge in [0.25, 0.3) is 0 Å². The number of unbranched alkanes of at least 4 members (excludes halogenated alkanes) is 2. The number of aliphatic carboxylic acids is 1. The molecule has 0 aliphatic heterocycles. The lowest BCUT2D eigenvalue weighted by Crippen LogP contribution is -2.29. The third-order valence-corrected chi connectivity index (χ3v) is 9.80. The van der Waals surface area contributed by atoms with Gasteiger partial charge in [-0.3, -0.25) is 4.79 Å². The number of carbonyl (C=O) groups is 2. The van der Waals surface area contributed by atoms with Gasteiger partial charge in [0.1, 0.15) is 11.9 Å². The van der Waals surface area contributed by atoms with E-state index in [1.165, 1.54) is 16.5 Å². The summed E-state index contributed by atoms with van der Waals surface area (Å²) in [6.07, 6.45) is 7.47. The van der Waals surface area contributed by atoms with Gasteiger partial charge >= 0.3 is 11.9 Å². The van der Waals surface area contributed by atoms with Gasteiger partial charge in [-0.15, -0.1) is 0 Å². The van der Waals surface area contributed by atoms with E-state index >= 15 is 0 Å². The van der Waals surface area contributed by atoms with Gasteiger partial charge in [0.2, 0.25) is 0 Å². The number of esters is 1. The second-order valence-corrected chi connectivity index (χ2v) is 12.8. The monoisotopic (exact) mass is 586 g/mol. The van der Waals surface area contributed by atoms with Crippen LogP contribution in [0.1, 0.15) is 87.0 Å². The number of carboxylic acids is 1. The lowest BCUT2D eigenvalue weighted by atomic mass is 9.73. The number of benzene rings is 3. The van der Waals surface area contributed by atoms with Gasteiger partial charge in [-0.2, -0.15) is 0 Å². The Hall–Kier alpha value is -3.38. The number of ether oxygens (including phenoxy) is 2. The molecule has 43 heavy (non-hydrogen) atoms. The van der Waals surface area contributed by atoms with Gasteiger partial charge in [0, 0.05) is 0 Å². The van der Waals surface area contributed by atoms with Crippen molar-refractivity contribution in [2.45, 2.75) is 96.7 Å². The first kappa shape index (κ1) is 31.1. The zero-order valence-corrected chi connectivity index (χ0v) is 25.8. The van der Waals surface area contributed by atoms with Crippen LogP contribution in [0.15, 0.2) is 54.6 Å². The van der Waals surface area contributed by atoms with E-state index in [0.29, 0.717) is 17.6 Å². The molecule has 2 aliphatic carbocycles. The lowest BCUT2D eigenvalue weighted by molar-refractivity contribution is -0.151. The molecule has 1 fully saturated rings. The molecule has 5 rings (SSSR count). The van der Waals surface area contributed by atoms with Crippen molar-refractivity contribution in [3.8, 4) is 5.75 Å². The second-order valence-electron chi connectivity index (χ2n) is 12.8. The molecule has 3 aromatic rings. The van der Waals surface area contributed by atoms with Crippen LogP contribution in [-0.4, -0.2) is 41.0 Å². The van der Waals surface area contributed by atoms with Gasteiger partial charge in [-0.05, 0) is 110 Å². The van der Waals surface area contributed by atoms with Crippen LogP contribution in [0.4, 0.5) is 0 Å². The summed E-state index contributed by atoms with van der Waals surface area (Å²) in [7, 11) is 0. The predicted octanol–water partition coefficient (Wildman–Crippen LogP) is 7.40. The third kappa shape index (κ3) is 7.41. The Balaban J connectivity index is 1.24. The largest absolute Gasteiger partial charge is 0.482 e. The van der Waals surface area contributed by atoms with E-state index in [9.17, 15) is 14.7 Å². The molecule has 0 saturated heterocycles. The molecule has 0 aromatic heterocycles. The summed E-state index contributed by atoms with van der Waals surface area (Å²) >= 11 is 0. The van der Waals surface area contributed by atoms with Crippen LogP contribution in [0.3, 0.4) is 0 Å². The van der Waals surface area contributed by atoms with Crippen LogP contribution in [0, 0.1) is 24.7 Å². The molecule has 0 amide bonds. The minimum atomic E-state index is -0.987. The molecule has 2 N–H and O–H groups in total. The van der Waals surface area contributed by atoms with Crippen molar-refractivity contribution in [2.75, 3.05) is 6.61 Å². The highest BCUT2D eigenvalue weighted by Crippen LogP contribution is 2.48. The Kier molecular flexibility index (Phi) is 10.1. The SMILES string of the molecule is CCCCC[C@@H](CC[C@@H]1[C@H]2Cc3cccc(OCC(=O)O)c3C[C@H]2C[C@H]1O)OC(=O)[C@@H](C)c1ccc2cc(C)ccc2c1. The summed E-state index contributed by atoms with van der Waals surface area (Å²) < 4.78 is 11.8. The van der Waals surface area contributed by atoms with Gasteiger partial charge in [0.15, 0.2) is 6.61 Å². The first-order valence-corrected chi connectivity index (χ1v) is 16.1. The molecule has 3 aromatic carbocycles. The molecular formula is C37H46O6. The zero-order valence-electron chi connectivity index (χ0n) is 25.8. The maximum atomic E-state index is 13.4. The average Bonchev–Trinajstić information content (AvgIpc) is 3.30. The number of carbonyl (C=O) groups excluding carboxylic acids is 1. The van der Waals surface area contributed by atoms with E-state index in [0.717, 1.165) is 74.3 Å². The van der Waals surface area contributed by atoms with E-state index in [1.807, 2.05) is 25.1 Å². The first-order valence-electron chi connectivity index (χ1n) is 16.1. The molecule has 0 radical (unpaired) electrons. The molecule has 6 nitrogen and oxygen atoms in total. The summed E-state index contributed by atoms with van der Waals surface area (Å²) in [6, 6.07) is 18.5. The minimum absolute atomic E-state index is 0.149. The summed E-state index contributed by atoms with van der Waals surface area (Å²) in [4.78, 5) is 24.5. The lowest BCUT2D eigenvalue weighted by Gasteiger charge is -2.33. The number of aliphatic hydroxyl groups excluding tert-OH is 1. The average molecular weight is 587 g/mol. The van der Waals surface area contributed by atoms with E-state index < -0.39 is 5.97 Å². The van der Waals surface area contributed by atoms with Crippen molar-refractivity contribution < 1.29 is 29.3 Å². The fourth-order valence-electron chi connectivity index (χ4n) is 7.40. The van der Waals surface area contributed by atoms with E-state index in [1.54, 1.807) is 0 Å². The Morgan fingerprint density at radius 3 is 2.58 bits per heavy atom. The number of hydrogen-bond donors (Lipinski definition) is 2. The maximum Gasteiger partial charge on any atom is 0.341 e. The quantitative estimate of drug-likeness (QED) is 0.160. The molecular weight excluding hydrogens is 540 g/mol. The van der Waals surface area contributed by atoms with Crippen molar-refractivity contribution in [1.29, 1.82) is 0 Å². The fraction of sp³-hybridized carbons (Fsp3) is 0.514. The van der Waals surface area contributed by atoms with Gasteiger partial charge < -0.3 is 19.7 Å². The van der Waals surface area contributed by atoms with Crippen LogP contribution in [0.5, 0.6) is 5.75 Å². The van der Waals surface area contributed by atoms with E-state index in [-0.39, 0.29) is 36.6 Å². The van der Waals surface area contributed by atoms with Crippen molar-refractivity contribution in [1.82, 2.24) is 0 Å². The molecule has 6 atom stereocenters. The van der Waals surface area contributed by atoms with Crippen LogP contribution < -0.4 is 4.74 Å². The van der Waals surface area contributed by atoms with Crippen LogP contribution in [-0.2, 0) is 27.2 Å². The molecule has 6 heteroatoms. The van der Waals surface area contributed by atoms with Gasteiger partial charge in [-0.1, -0.05) is 73.9 Å². The summed E-state index contributed by atoms with van der Waals surface area (Å²) in [5.74, 6) is -0.0420. The minimum Gasteiger partial charge on any atom is -0.482 e. The highest BCUT2D eigenvalue weighted by Gasteiger charge is 2.45. The highest BCUT2D eigenvalue weighted by atomic mass is 16.5. The zero-order chi connectivity index (χ0) is 30.5. The van der Waals surface area contributed by atoms with Crippen molar-refractivity contribution in [2.24, 2.45) is 17.8 Å². The Bertz CT molecular complexity index is 1430. The molecule has 0 bridgehead atoms. The van der Waals surface area contributed by atoms with Gasteiger partial charge in [0.05, 0.1) is 12.0 Å². The second kappa shape index (κ2) is 13.9. The van der Waals surface area contributed by atoms with Crippen LogP contribution in [0.2, 0.25) is 0 Å². The Labute approximate surface area is 255 Å². The summed E-state index contributed by atoms with van der Waals surface area (Å²) in [5, 5.41) is 22.5. The van der Waals surface area contributed by atoms with Gasteiger partial charge in [-0.25, -0.2) is 4.79 Å². The number of carboxylic acid groups (broad SMARTS) is 1. The summed E-state index contributed by atoms with van der Waals surface area (Å²) in [5.41, 5.74) is 4.46. The molecule has 0 unspecified atom stereocenters. The fourth-order valence-corrected chi connectivity index (χ4v) is 7.40. The van der Waals surface area contributed by atoms with Crippen LogP contribution >= 0.6 is 0 Å². The number of aryl methyl sites for hydroxylation is 1. The first-order chi connectivity index (χ1) is 20.7. The smallest absolute Gasteiger partial charge is 0.341 e. The van der Waals surface area contributed by atoms with Crippen LogP contribution in [0.25, 0.3) is 10.8 Å². The normalized spacial score (nSPS) is 22.4. The molecule has 2 aliphatic rings. The predicted molar refractivity (Wildman–Crippen MR) is 168 cm³/mol. The molecule has 0 spiro atoms. The Morgan fingerprint density at radius 1 is 1.00 bits per heavy atom. The highest BCUT2D eigenvalue weighted by molar-refractivity contribution is 5.86. The molecule has 0 heterocycles. The molecule has 230 valence electrons. The number of hydrogen-bond acceptors (Lipinski definition) is 5. The van der Waals surface area contributed by atoms with Crippen molar-refractivity contribution in [3.05, 3.63) is 76.9 Å². The Morgan fingerprint density at radius 2 is 1.79 bits per heavy atom. The van der Waals surface area contributed by atoms with Crippen molar-refractivity contribution >= 4 is 22.7 Å². The number of fused-ring (bicyclic) bond motifs is 3. The third-order valence-electron chi connectivity index (χ3n) is 9.80. The maximum absolute atomic E-state index is 13.4. The summed E-state index contributed by atoms with van der Waals surface area (Å²) in [6.45, 7) is 5.84. The van der Waals surface area contributed by atoms with E-state index in [4.69, 9.17) is 14.6 Å². The standard InChI is InChI=1S/C37H46O6/c1-4-5-6-9-30(43-37(41)24(3)25-13-14-26-17-23(2)11-12-27(26)18-25)15-16-31-32-19-28-8-7-10-35(42-22-36(39)40)33(28)20-29(32)21-34(31)38/h7-8,10-14,17-18,24,29-32,34,38H,4-6,9,15-16,19-22H2,1-3H3,(H,39,40)/t24-,29-,30-,31+,32-,34+/m0/s1. The topological polar surface area (TPSA) is 93.1 Å². The van der Waals surface area contributed by atoms with E-state index in [2.05, 4.69) is 50.2 Å². The number of aliphatic hydroxyl groups is 1. The molecule has 1 saturated carbocycles.